The predicted molar refractivity (Wildman–Crippen MR) is 70.4 cm³/mol. The van der Waals surface area contributed by atoms with Gasteiger partial charge in [-0.3, -0.25) is 0 Å². The fraction of sp³-hybridized carbons (Fsp3) is 0.286. The highest BCUT2D eigenvalue weighted by atomic mass is 32.1. The van der Waals surface area contributed by atoms with Gasteiger partial charge in [-0.1, -0.05) is 26.0 Å². The van der Waals surface area contributed by atoms with Crippen molar-refractivity contribution in [2.75, 3.05) is 7.11 Å². The third kappa shape index (κ3) is 2.12. The molecule has 1 heterocycles. The van der Waals surface area contributed by atoms with Crippen LogP contribution < -0.4 is 4.74 Å². The van der Waals surface area contributed by atoms with Crippen molar-refractivity contribution >= 4 is 11.3 Å². The lowest BCUT2D eigenvalue weighted by atomic mass is 9.99. The van der Waals surface area contributed by atoms with Gasteiger partial charge in [-0.15, -0.1) is 11.3 Å². The van der Waals surface area contributed by atoms with E-state index in [1.807, 2.05) is 0 Å². The first kappa shape index (κ1) is 11.2. The van der Waals surface area contributed by atoms with E-state index in [0.717, 1.165) is 5.75 Å². The smallest absolute Gasteiger partial charge is 0.127 e. The van der Waals surface area contributed by atoms with E-state index in [2.05, 4.69) is 49.6 Å². The van der Waals surface area contributed by atoms with E-state index in [-0.39, 0.29) is 0 Å². The summed E-state index contributed by atoms with van der Waals surface area (Å²) in [7, 11) is 1.72. The van der Waals surface area contributed by atoms with Gasteiger partial charge >= 0.3 is 0 Å². The van der Waals surface area contributed by atoms with Crippen LogP contribution in [0.3, 0.4) is 0 Å². The summed E-state index contributed by atoms with van der Waals surface area (Å²) in [6, 6.07) is 10.6. The second-order valence-corrected chi connectivity index (χ2v) is 5.04. The molecule has 0 atom stereocenters. The molecule has 0 spiro atoms. The van der Waals surface area contributed by atoms with E-state index >= 15 is 0 Å². The zero-order valence-electron chi connectivity index (χ0n) is 9.86. The van der Waals surface area contributed by atoms with Crippen LogP contribution in [0, 0.1) is 0 Å². The van der Waals surface area contributed by atoms with Crippen molar-refractivity contribution in [2.24, 2.45) is 0 Å². The highest BCUT2D eigenvalue weighted by Crippen LogP contribution is 2.35. The van der Waals surface area contributed by atoms with E-state index in [0.29, 0.717) is 5.92 Å². The Kier molecular flexibility index (Phi) is 3.30. The number of thiophene rings is 1. The van der Waals surface area contributed by atoms with Crippen molar-refractivity contribution in [3.63, 3.8) is 0 Å². The Morgan fingerprint density at radius 1 is 1.19 bits per heavy atom. The number of methoxy groups -OCH3 is 1. The van der Waals surface area contributed by atoms with Crippen LogP contribution in [-0.2, 0) is 0 Å². The van der Waals surface area contributed by atoms with Crippen LogP contribution in [-0.4, -0.2) is 7.11 Å². The molecule has 0 amide bonds. The van der Waals surface area contributed by atoms with Gasteiger partial charge in [0.2, 0.25) is 0 Å². The Labute approximate surface area is 101 Å². The van der Waals surface area contributed by atoms with Crippen molar-refractivity contribution < 1.29 is 4.74 Å². The molecule has 0 aliphatic carbocycles. The second-order valence-electron chi connectivity index (χ2n) is 4.09. The maximum absolute atomic E-state index is 5.41. The second kappa shape index (κ2) is 4.71. The first-order valence-electron chi connectivity index (χ1n) is 5.44. The molecule has 0 bridgehead atoms. The Bertz CT molecular complexity index is 458. The van der Waals surface area contributed by atoms with Gasteiger partial charge < -0.3 is 4.74 Å². The van der Waals surface area contributed by atoms with Crippen LogP contribution >= 0.6 is 11.3 Å². The van der Waals surface area contributed by atoms with Crippen LogP contribution in [0.5, 0.6) is 5.75 Å². The maximum atomic E-state index is 5.41. The fourth-order valence-electron chi connectivity index (χ4n) is 1.71. The lowest BCUT2D eigenvalue weighted by molar-refractivity contribution is 0.416. The maximum Gasteiger partial charge on any atom is 0.127 e. The molecule has 0 fully saturated rings. The average molecular weight is 232 g/mol. The number of benzene rings is 1. The van der Waals surface area contributed by atoms with Crippen molar-refractivity contribution in [1.29, 1.82) is 0 Å². The summed E-state index contributed by atoms with van der Waals surface area (Å²) in [5.74, 6) is 1.50. The molecular weight excluding hydrogens is 216 g/mol. The summed E-state index contributed by atoms with van der Waals surface area (Å²) in [5.41, 5.74) is 2.55. The fourth-order valence-corrected chi connectivity index (χ4v) is 2.46. The van der Waals surface area contributed by atoms with Crippen molar-refractivity contribution in [1.82, 2.24) is 0 Å². The van der Waals surface area contributed by atoms with Crippen LogP contribution in [0.4, 0.5) is 0 Å². The SMILES string of the molecule is COc1ccc(C(C)C)cc1-c1cccs1. The lowest BCUT2D eigenvalue weighted by Crippen LogP contribution is -1.91. The van der Waals surface area contributed by atoms with Gasteiger partial charge in [-0.2, -0.15) is 0 Å². The molecule has 0 N–H and O–H groups in total. The largest absolute Gasteiger partial charge is 0.496 e. The van der Waals surface area contributed by atoms with Gasteiger partial charge in [-0.05, 0) is 35.1 Å². The third-order valence-electron chi connectivity index (χ3n) is 2.68. The normalized spacial score (nSPS) is 10.8. The van der Waals surface area contributed by atoms with Crippen molar-refractivity contribution in [3.8, 4) is 16.2 Å². The molecule has 0 aliphatic heterocycles. The predicted octanol–water partition coefficient (Wildman–Crippen LogP) is 4.55. The minimum atomic E-state index is 0.546. The Hall–Kier alpha value is -1.28. The Morgan fingerprint density at radius 3 is 2.56 bits per heavy atom. The zero-order valence-corrected chi connectivity index (χ0v) is 10.7. The van der Waals surface area contributed by atoms with Crippen LogP contribution in [0.2, 0.25) is 0 Å². The van der Waals surface area contributed by atoms with E-state index < -0.39 is 0 Å². The summed E-state index contributed by atoms with van der Waals surface area (Å²) in [6.45, 7) is 4.42. The standard InChI is InChI=1S/C14H16OS/c1-10(2)11-6-7-13(15-3)12(9-11)14-5-4-8-16-14/h4-10H,1-3H3. The highest BCUT2D eigenvalue weighted by molar-refractivity contribution is 7.13. The Morgan fingerprint density at radius 2 is 2.00 bits per heavy atom. The molecule has 1 aromatic heterocycles. The first-order valence-corrected chi connectivity index (χ1v) is 6.32. The molecule has 2 aromatic rings. The number of hydrogen-bond donors (Lipinski definition) is 0. The van der Waals surface area contributed by atoms with E-state index in [4.69, 9.17) is 4.74 Å². The number of hydrogen-bond acceptors (Lipinski definition) is 2. The molecule has 0 unspecified atom stereocenters. The average Bonchev–Trinajstić information content (AvgIpc) is 2.81. The summed E-state index contributed by atoms with van der Waals surface area (Å²) in [4.78, 5) is 1.26. The molecule has 0 saturated heterocycles. The molecule has 2 heteroatoms. The molecule has 2 rings (SSSR count). The quantitative estimate of drug-likeness (QED) is 0.754. The van der Waals surface area contributed by atoms with Crippen molar-refractivity contribution in [2.45, 2.75) is 19.8 Å². The monoisotopic (exact) mass is 232 g/mol. The van der Waals surface area contributed by atoms with Gasteiger partial charge in [-0.25, -0.2) is 0 Å². The zero-order chi connectivity index (χ0) is 11.5. The van der Waals surface area contributed by atoms with Crippen LogP contribution in [0.25, 0.3) is 10.4 Å². The lowest BCUT2D eigenvalue weighted by Gasteiger charge is -2.11. The van der Waals surface area contributed by atoms with E-state index in [1.54, 1.807) is 18.4 Å². The highest BCUT2D eigenvalue weighted by Gasteiger charge is 2.09. The summed E-state index contributed by atoms with van der Waals surface area (Å²) < 4.78 is 5.41. The van der Waals surface area contributed by atoms with Crippen LogP contribution in [0.15, 0.2) is 35.7 Å². The van der Waals surface area contributed by atoms with Gasteiger partial charge in [0.25, 0.3) is 0 Å². The minimum Gasteiger partial charge on any atom is -0.496 e. The summed E-state index contributed by atoms with van der Waals surface area (Å²) in [5, 5.41) is 2.09. The molecular formula is C14H16OS. The Balaban J connectivity index is 2.52. The van der Waals surface area contributed by atoms with E-state index in [1.165, 1.54) is 16.0 Å². The molecule has 84 valence electrons. The summed E-state index contributed by atoms with van der Waals surface area (Å²) >= 11 is 1.75. The molecule has 0 radical (unpaired) electrons. The molecule has 16 heavy (non-hydrogen) atoms. The molecule has 0 saturated carbocycles. The van der Waals surface area contributed by atoms with Gasteiger partial charge in [0.1, 0.15) is 5.75 Å². The van der Waals surface area contributed by atoms with E-state index in [9.17, 15) is 0 Å². The molecule has 1 aromatic carbocycles. The van der Waals surface area contributed by atoms with Gasteiger partial charge in [0, 0.05) is 10.4 Å². The summed E-state index contributed by atoms with van der Waals surface area (Å²) in [6.07, 6.45) is 0. The molecule has 0 aliphatic rings. The first-order chi connectivity index (χ1) is 7.72. The minimum absolute atomic E-state index is 0.546. The van der Waals surface area contributed by atoms with Gasteiger partial charge in [0.05, 0.1) is 7.11 Å². The molecule has 1 nitrogen and oxygen atoms in total. The van der Waals surface area contributed by atoms with Crippen LogP contribution in [0.1, 0.15) is 25.3 Å². The van der Waals surface area contributed by atoms with Crippen molar-refractivity contribution in [3.05, 3.63) is 41.3 Å². The van der Waals surface area contributed by atoms with Gasteiger partial charge in [0.15, 0.2) is 0 Å². The number of rotatable bonds is 3. The topological polar surface area (TPSA) is 9.23 Å². The third-order valence-corrected chi connectivity index (χ3v) is 3.58. The number of ether oxygens (including phenoxy) is 1.